The van der Waals surface area contributed by atoms with E-state index in [4.69, 9.17) is 9.47 Å². The number of aromatic nitrogens is 2. The second-order valence-electron chi connectivity index (χ2n) is 8.64. The van der Waals surface area contributed by atoms with E-state index in [1.807, 2.05) is 26.0 Å². The number of esters is 1. The van der Waals surface area contributed by atoms with E-state index < -0.39 is 17.6 Å². The molecule has 6 nitrogen and oxygen atoms in total. The van der Waals surface area contributed by atoms with E-state index in [2.05, 4.69) is 4.98 Å². The summed E-state index contributed by atoms with van der Waals surface area (Å²) < 4.78 is 39.6. The highest BCUT2D eigenvalue weighted by atomic mass is 19.2. The monoisotopic (exact) mass is 492 g/mol. The fourth-order valence-electron chi connectivity index (χ4n) is 4.16. The Morgan fingerprint density at radius 2 is 1.83 bits per heavy atom. The Labute approximate surface area is 207 Å². The van der Waals surface area contributed by atoms with Gasteiger partial charge in [-0.1, -0.05) is 12.1 Å². The van der Waals surface area contributed by atoms with Crippen molar-refractivity contribution in [2.45, 2.75) is 39.3 Å². The Hall–Kier alpha value is -4.07. The fraction of sp³-hybridized carbons (Fsp3) is 0.250. The highest BCUT2D eigenvalue weighted by Crippen LogP contribution is 2.32. The predicted octanol–water partition coefficient (Wildman–Crippen LogP) is 5.75. The SMILES string of the molecule is COC(=O)c1c(C(=O)CCc2ccc(F)c(F)c2)c2ccc(OC(C)C)cc2n1Cc1ccccn1. The van der Waals surface area contributed by atoms with Crippen molar-refractivity contribution >= 4 is 22.7 Å². The van der Waals surface area contributed by atoms with Crippen LogP contribution in [0.15, 0.2) is 60.8 Å². The van der Waals surface area contributed by atoms with Crippen LogP contribution < -0.4 is 4.74 Å². The van der Waals surface area contributed by atoms with Crippen LogP contribution >= 0.6 is 0 Å². The molecular weight excluding hydrogens is 466 g/mol. The molecule has 2 heterocycles. The zero-order valence-corrected chi connectivity index (χ0v) is 20.3. The number of aryl methyl sites for hydroxylation is 1. The third kappa shape index (κ3) is 5.27. The minimum Gasteiger partial charge on any atom is -0.491 e. The Kier molecular flexibility index (Phi) is 7.43. The maximum atomic E-state index is 13.6. The van der Waals surface area contributed by atoms with Crippen molar-refractivity contribution in [3.63, 3.8) is 0 Å². The minimum absolute atomic E-state index is 0.0119. The highest BCUT2D eigenvalue weighted by molar-refractivity contribution is 6.16. The van der Waals surface area contributed by atoms with E-state index in [1.165, 1.54) is 13.2 Å². The van der Waals surface area contributed by atoms with Gasteiger partial charge in [0.25, 0.3) is 0 Å². The topological polar surface area (TPSA) is 70.4 Å². The lowest BCUT2D eigenvalue weighted by Crippen LogP contribution is -2.16. The predicted molar refractivity (Wildman–Crippen MR) is 131 cm³/mol. The lowest BCUT2D eigenvalue weighted by atomic mass is 10.00. The van der Waals surface area contributed by atoms with Crippen LogP contribution in [-0.4, -0.2) is 34.5 Å². The molecule has 0 amide bonds. The number of hydrogen-bond acceptors (Lipinski definition) is 5. The van der Waals surface area contributed by atoms with Gasteiger partial charge in [0.1, 0.15) is 11.4 Å². The maximum absolute atomic E-state index is 13.6. The van der Waals surface area contributed by atoms with E-state index in [1.54, 1.807) is 35.0 Å². The number of halogens is 2. The van der Waals surface area contributed by atoms with Crippen LogP contribution in [0.1, 0.15) is 52.4 Å². The summed E-state index contributed by atoms with van der Waals surface area (Å²) in [7, 11) is 1.26. The molecule has 0 saturated heterocycles. The third-order valence-corrected chi connectivity index (χ3v) is 5.74. The van der Waals surface area contributed by atoms with Crippen molar-refractivity contribution in [3.8, 4) is 5.75 Å². The van der Waals surface area contributed by atoms with Gasteiger partial charge in [0.05, 0.1) is 36.5 Å². The van der Waals surface area contributed by atoms with Crippen molar-refractivity contribution in [3.05, 3.63) is 94.9 Å². The van der Waals surface area contributed by atoms with Gasteiger partial charge in [-0.3, -0.25) is 9.78 Å². The number of benzene rings is 2. The van der Waals surface area contributed by atoms with Gasteiger partial charge < -0.3 is 14.0 Å². The molecule has 0 saturated carbocycles. The number of methoxy groups -OCH3 is 1. The summed E-state index contributed by atoms with van der Waals surface area (Å²) in [6, 6.07) is 14.3. The molecule has 0 fully saturated rings. The molecule has 0 N–H and O–H groups in total. The number of Topliss-reactive ketones (excluding diaryl/α,β-unsaturated/α-hetero) is 1. The molecule has 2 aromatic heterocycles. The van der Waals surface area contributed by atoms with E-state index in [0.29, 0.717) is 27.9 Å². The molecule has 0 bridgehead atoms. The van der Waals surface area contributed by atoms with E-state index in [-0.39, 0.29) is 42.5 Å². The molecule has 4 rings (SSSR count). The summed E-state index contributed by atoms with van der Waals surface area (Å²) in [5.41, 5.74) is 2.11. The van der Waals surface area contributed by atoms with Crippen LogP contribution in [0.25, 0.3) is 10.9 Å². The first-order chi connectivity index (χ1) is 17.3. The van der Waals surface area contributed by atoms with Gasteiger partial charge in [-0.25, -0.2) is 13.6 Å². The van der Waals surface area contributed by atoms with Gasteiger partial charge in [0.2, 0.25) is 0 Å². The molecule has 0 unspecified atom stereocenters. The van der Waals surface area contributed by atoms with Crippen molar-refractivity contribution < 1.29 is 27.8 Å². The third-order valence-electron chi connectivity index (χ3n) is 5.74. The fourth-order valence-corrected chi connectivity index (χ4v) is 4.16. The Morgan fingerprint density at radius 3 is 2.50 bits per heavy atom. The van der Waals surface area contributed by atoms with Crippen LogP contribution in [0.2, 0.25) is 0 Å². The van der Waals surface area contributed by atoms with Gasteiger partial charge in [-0.05, 0) is 62.2 Å². The van der Waals surface area contributed by atoms with Crippen molar-refractivity contribution in [1.29, 1.82) is 0 Å². The van der Waals surface area contributed by atoms with E-state index in [9.17, 15) is 18.4 Å². The lowest BCUT2D eigenvalue weighted by Gasteiger charge is -2.12. The largest absolute Gasteiger partial charge is 0.491 e. The van der Waals surface area contributed by atoms with Crippen LogP contribution in [0.4, 0.5) is 8.78 Å². The quantitative estimate of drug-likeness (QED) is 0.220. The second kappa shape index (κ2) is 10.7. The number of hydrogen-bond donors (Lipinski definition) is 0. The first-order valence-corrected chi connectivity index (χ1v) is 11.6. The zero-order chi connectivity index (χ0) is 25.8. The number of pyridine rings is 1. The smallest absolute Gasteiger partial charge is 0.355 e. The molecule has 0 aliphatic heterocycles. The van der Waals surface area contributed by atoms with Gasteiger partial charge >= 0.3 is 5.97 Å². The van der Waals surface area contributed by atoms with E-state index >= 15 is 0 Å². The number of carbonyl (C=O) groups excluding carboxylic acids is 2. The average molecular weight is 493 g/mol. The number of ketones is 1. The van der Waals surface area contributed by atoms with Crippen LogP contribution in [0.3, 0.4) is 0 Å². The number of carbonyl (C=O) groups is 2. The molecule has 186 valence electrons. The number of nitrogens with zero attached hydrogens (tertiary/aromatic N) is 2. The van der Waals surface area contributed by atoms with Crippen molar-refractivity contribution in [2.75, 3.05) is 7.11 Å². The van der Waals surface area contributed by atoms with Gasteiger partial charge in [-0.2, -0.15) is 0 Å². The van der Waals surface area contributed by atoms with Gasteiger partial charge in [0.15, 0.2) is 17.4 Å². The standard InChI is InChI=1S/C28H26F2N2O4/c1-17(2)36-20-9-10-21-24(15-20)32(16-19-6-4-5-13-31-19)27(28(34)35-3)26(21)25(33)12-8-18-7-11-22(29)23(30)14-18/h4-7,9-11,13-15,17H,8,12,16H2,1-3H3. The van der Waals surface area contributed by atoms with Gasteiger partial charge in [0, 0.05) is 24.1 Å². The molecular formula is C28H26F2N2O4. The van der Waals surface area contributed by atoms with Crippen molar-refractivity contribution in [1.82, 2.24) is 9.55 Å². The lowest BCUT2D eigenvalue weighted by molar-refractivity contribution is 0.0585. The van der Waals surface area contributed by atoms with Gasteiger partial charge in [-0.15, -0.1) is 0 Å². The minimum atomic E-state index is -0.972. The Bertz CT molecular complexity index is 1410. The van der Waals surface area contributed by atoms with Crippen molar-refractivity contribution in [2.24, 2.45) is 0 Å². The maximum Gasteiger partial charge on any atom is 0.355 e. The molecule has 8 heteroatoms. The normalized spacial score (nSPS) is 11.2. The summed E-state index contributed by atoms with van der Waals surface area (Å²) in [6.45, 7) is 4.04. The van der Waals surface area contributed by atoms with Crippen LogP contribution in [0, 0.1) is 11.6 Å². The van der Waals surface area contributed by atoms with E-state index in [0.717, 1.165) is 12.1 Å². The van der Waals surface area contributed by atoms with Crippen LogP contribution in [0.5, 0.6) is 5.75 Å². The molecule has 0 aliphatic carbocycles. The first kappa shape index (κ1) is 25.0. The average Bonchev–Trinajstić information content (AvgIpc) is 3.17. The molecule has 4 aromatic rings. The number of ether oxygens (including phenoxy) is 2. The molecule has 0 aliphatic rings. The molecule has 0 atom stereocenters. The number of rotatable bonds is 9. The summed E-state index contributed by atoms with van der Waals surface area (Å²) >= 11 is 0. The zero-order valence-electron chi connectivity index (χ0n) is 20.3. The van der Waals surface area contributed by atoms with Crippen LogP contribution in [-0.2, 0) is 17.7 Å². The number of fused-ring (bicyclic) bond motifs is 1. The molecule has 2 aromatic carbocycles. The molecule has 0 spiro atoms. The summed E-state index contributed by atoms with van der Waals surface area (Å²) in [4.78, 5) is 30.9. The molecule has 0 radical (unpaired) electrons. The second-order valence-corrected chi connectivity index (χ2v) is 8.64. The summed E-state index contributed by atoms with van der Waals surface area (Å²) in [6.07, 6.45) is 1.75. The Morgan fingerprint density at radius 1 is 1.03 bits per heavy atom. The summed E-state index contributed by atoms with van der Waals surface area (Å²) in [5, 5.41) is 0.567. The summed E-state index contributed by atoms with van der Waals surface area (Å²) in [5.74, 6) is -2.31. The highest BCUT2D eigenvalue weighted by Gasteiger charge is 2.28. The first-order valence-electron chi connectivity index (χ1n) is 11.6. The Balaban J connectivity index is 1.82. The molecule has 36 heavy (non-hydrogen) atoms.